The van der Waals surface area contributed by atoms with Crippen molar-refractivity contribution >= 4 is 21.4 Å². The molecule has 3 rings (SSSR count). The Hall–Kier alpha value is -1.58. The molecule has 0 fully saturated rings. The van der Waals surface area contributed by atoms with Gasteiger partial charge in [0.25, 0.3) is 0 Å². The zero-order valence-corrected chi connectivity index (χ0v) is 10.2. The van der Waals surface area contributed by atoms with E-state index in [1.165, 1.54) is 5.39 Å². The SMILES string of the molecule is Cc1cc(C(O)c2cccc3ccsc23)co1. The molecule has 0 saturated carbocycles. The van der Waals surface area contributed by atoms with E-state index >= 15 is 0 Å². The van der Waals surface area contributed by atoms with Gasteiger partial charge in [-0.25, -0.2) is 0 Å². The molecule has 0 aliphatic heterocycles. The summed E-state index contributed by atoms with van der Waals surface area (Å²) in [6, 6.07) is 9.93. The predicted octanol–water partition coefficient (Wildman–Crippen LogP) is 3.88. The third-order valence-corrected chi connectivity index (χ3v) is 3.85. The molecule has 1 unspecified atom stereocenters. The minimum absolute atomic E-state index is 0.616. The third kappa shape index (κ3) is 1.77. The number of aliphatic hydroxyl groups excluding tert-OH is 1. The fraction of sp³-hybridized carbons (Fsp3) is 0.143. The molecule has 0 radical (unpaired) electrons. The summed E-state index contributed by atoms with van der Waals surface area (Å²) >= 11 is 1.65. The monoisotopic (exact) mass is 244 g/mol. The van der Waals surface area contributed by atoms with E-state index < -0.39 is 6.10 Å². The van der Waals surface area contributed by atoms with Crippen molar-refractivity contribution in [3.05, 3.63) is 58.9 Å². The Morgan fingerprint density at radius 1 is 1.29 bits per heavy atom. The molecule has 3 heteroatoms. The Morgan fingerprint density at radius 2 is 2.18 bits per heavy atom. The smallest absolute Gasteiger partial charge is 0.109 e. The van der Waals surface area contributed by atoms with Crippen molar-refractivity contribution in [2.24, 2.45) is 0 Å². The fourth-order valence-electron chi connectivity index (χ4n) is 2.02. The van der Waals surface area contributed by atoms with Gasteiger partial charge in [-0.05, 0) is 29.8 Å². The molecule has 1 aromatic carbocycles. The molecule has 0 saturated heterocycles. The van der Waals surface area contributed by atoms with Crippen LogP contribution < -0.4 is 0 Å². The largest absolute Gasteiger partial charge is 0.469 e. The lowest BCUT2D eigenvalue weighted by molar-refractivity contribution is 0.221. The van der Waals surface area contributed by atoms with Crippen molar-refractivity contribution in [3.8, 4) is 0 Å². The molecule has 0 spiro atoms. The predicted molar refractivity (Wildman–Crippen MR) is 69.3 cm³/mol. The molecule has 2 nitrogen and oxygen atoms in total. The normalized spacial score (nSPS) is 13.1. The van der Waals surface area contributed by atoms with Gasteiger partial charge in [-0.3, -0.25) is 0 Å². The number of benzene rings is 1. The number of rotatable bonds is 2. The molecule has 0 bridgehead atoms. The second kappa shape index (κ2) is 4.02. The van der Waals surface area contributed by atoms with Gasteiger partial charge in [-0.15, -0.1) is 11.3 Å². The Balaban J connectivity index is 2.12. The highest BCUT2D eigenvalue weighted by atomic mass is 32.1. The molecule has 0 aliphatic rings. The van der Waals surface area contributed by atoms with Crippen LogP contribution in [0.5, 0.6) is 0 Å². The van der Waals surface area contributed by atoms with Gasteiger partial charge >= 0.3 is 0 Å². The quantitative estimate of drug-likeness (QED) is 0.742. The second-order valence-electron chi connectivity index (χ2n) is 4.08. The van der Waals surface area contributed by atoms with E-state index in [4.69, 9.17) is 4.42 Å². The van der Waals surface area contributed by atoms with Crippen LogP contribution in [0.1, 0.15) is 23.0 Å². The first kappa shape index (κ1) is 10.6. The van der Waals surface area contributed by atoms with Crippen LogP contribution in [0.2, 0.25) is 0 Å². The van der Waals surface area contributed by atoms with Crippen LogP contribution in [-0.2, 0) is 0 Å². The standard InChI is InChI=1S/C14H12O2S/c1-9-7-11(8-16-9)13(15)12-4-2-3-10-5-6-17-14(10)12/h2-8,13,15H,1H3. The maximum Gasteiger partial charge on any atom is 0.109 e. The fourth-order valence-corrected chi connectivity index (χ4v) is 2.96. The molecule has 2 aromatic heterocycles. The van der Waals surface area contributed by atoms with Crippen molar-refractivity contribution < 1.29 is 9.52 Å². The van der Waals surface area contributed by atoms with E-state index in [1.54, 1.807) is 17.6 Å². The Labute approximate surface area is 103 Å². The van der Waals surface area contributed by atoms with Crippen LogP contribution in [0.15, 0.2) is 46.4 Å². The van der Waals surface area contributed by atoms with E-state index in [2.05, 4.69) is 12.1 Å². The highest BCUT2D eigenvalue weighted by Crippen LogP contribution is 2.32. The molecule has 0 amide bonds. The highest BCUT2D eigenvalue weighted by molar-refractivity contribution is 7.17. The Bertz CT molecular complexity index is 651. The molecule has 17 heavy (non-hydrogen) atoms. The van der Waals surface area contributed by atoms with Crippen molar-refractivity contribution in [2.75, 3.05) is 0 Å². The summed E-state index contributed by atoms with van der Waals surface area (Å²) in [6.45, 7) is 1.88. The Kier molecular flexibility index (Phi) is 2.50. The third-order valence-electron chi connectivity index (χ3n) is 2.87. The van der Waals surface area contributed by atoms with Crippen molar-refractivity contribution in [1.82, 2.24) is 0 Å². The van der Waals surface area contributed by atoms with E-state index in [0.29, 0.717) is 0 Å². The maximum atomic E-state index is 10.4. The molecule has 1 atom stereocenters. The lowest BCUT2D eigenvalue weighted by Crippen LogP contribution is -1.97. The van der Waals surface area contributed by atoms with Crippen LogP contribution in [0.3, 0.4) is 0 Å². The van der Waals surface area contributed by atoms with Crippen molar-refractivity contribution in [1.29, 1.82) is 0 Å². The van der Waals surface area contributed by atoms with Gasteiger partial charge in [0.05, 0.1) is 6.26 Å². The lowest BCUT2D eigenvalue weighted by Gasteiger charge is -2.09. The van der Waals surface area contributed by atoms with Crippen LogP contribution in [-0.4, -0.2) is 5.11 Å². The minimum Gasteiger partial charge on any atom is -0.469 e. The lowest BCUT2D eigenvalue weighted by atomic mass is 10.0. The molecular weight excluding hydrogens is 232 g/mol. The summed E-state index contributed by atoms with van der Waals surface area (Å²) in [5, 5.41) is 13.6. The number of aryl methyl sites for hydroxylation is 1. The molecule has 0 aliphatic carbocycles. The van der Waals surface area contributed by atoms with Gasteiger partial charge in [-0.1, -0.05) is 18.2 Å². The summed E-state index contributed by atoms with van der Waals surface area (Å²) in [7, 11) is 0. The molecule has 86 valence electrons. The van der Waals surface area contributed by atoms with Gasteiger partial charge in [-0.2, -0.15) is 0 Å². The minimum atomic E-state index is -0.616. The zero-order valence-electron chi connectivity index (χ0n) is 9.38. The van der Waals surface area contributed by atoms with Gasteiger partial charge in [0.1, 0.15) is 11.9 Å². The first-order valence-electron chi connectivity index (χ1n) is 5.45. The van der Waals surface area contributed by atoms with Crippen molar-refractivity contribution in [3.63, 3.8) is 0 Å². The number of hydrogen-bond donors (Lipinski definition) is 1. The van der Waals surface area contributed by atoms with E-state index in [9.17, 15) is 5.11 Å². The van der Waals surface area contributed by atoms with E-state index in [1.807, 2.05) is 30.5 Å². The van der Waals surface area contributed by atoms with Crippen molar-refractivity contribution in [2.45, 2.75) is 13.0 Å². The topological polar surface area (TPSA) is 33.4 Å². The van der Waals surface area contributed by atoms with Gasteiger partial charge in [0, 0.05) is 15.8 Å². The van der Waals surface area contributed by atoms with Gasteiger partial charge in [0.2, 0.25) is 0 Å². The van der Waals surface area contributed by atoms with Crippen LogP contribution in [0, 0.1) is 6.92 Å². The second-order valence-corrected chi connectivity index (χ2v) is 5.00. The van der Waals surface area contributed by atoms with Crippen LogP contribution >= 0.6 is 11.3 Å². The van der Waals surface area contributed by atoms with Crippen LogP contribution in [0.4, 0.5) is 0 Å². The Morgan fingerprint density at radius 3 is 2.94 bits per heavy atom. The van der Waals surface area contributed by atoms with Gasteiger partial charge in [0.15, 0.2) is 0 Å². The number of hydrogen-bond acceptors (Lipinski definition) is 3. The summed E-state index contributed by atoms with van der Waals surface area (Å²) in [5.74, 6) is 0.817. The first-order chi connectivity index (χ1) is 8.25. The average Bonchev–Trinajstić information content (AvgIpc) is 2.95. The number of aliphatic hydroxyl groups is 1. The summed E-state index contributed by atoms with van der Waals surface area (Å²) in [4.78, 5) is 0. The summed E-state index contributed by atoms with van der Waals surface area (Å²) in [5.41, 5.74) is 1.75. The number of furan rings is 1. The molecule has 1 N–H and O–H groups in total. The summed E-state index contributed by atoms with van der Waals surface area (Å²) < 4.78 is 6.38. The number of fused-ring (bicyclic) bond motifs is 1. The average molecular weight is 244 g/mol. The molecular formula is C14H12O2S. The first-order valence-corrected chi connectivity index (χ1v) is 6.33. The van der Waals surface area contributed by atoms with E-state index in [-0.39, 0.29) is 0 Å². The van der Waals surface area contributed by atoms with Crippen LogP contribution in [0.25, 0.3) is 10.1 Å². The number of thiophene rings is 1. The maximum absolute atomic E-state index is 10.4. The van der Waals surface area contributed by atoms with E-state index in [0.717, 1.165) is 21.6 Å². The zero-order chi connectivity index (χ0) is 11.8. The summed E-state index contributed by atoms with van der Waals surface area (Å²) in [6.07, 6.45) is 1.00. The molecule has 2 heterocycles. The highest BCUT2D eigenvalue weighted by Gasteiger charge is 2.15. The van der Waals surface area contributed by atoms with Gasteiger partial charge < -0.3 is 9.52 Å². The molecule has 3 aromatic rings.